The zero-order valence-corrected chi connectivity index (χ0v) is 25.5. The number of rotatable bonds is 12. The standard InChI is InChI=1S/C30H41N7O8/c1-14(2)19-9-4-15(3)10-22(19)45-29(44)20(27(40)41)11-21(28(42)43)35-25(38)16-5-7-17(8-6-16)32-12-18-13-33-24-23(34-18)26(39)37-30(31)36-24/h5-8,14-15,18-22,32,34H,4,9-13H2,1-3H3,(H,35,38)(H,40,41)(H,42,43)(H4,31,33,36,37,39)/t15?,18?,19?,20?,21-,22?/m0/s1. The van der Waals surface area contributed by atoms with Crippen molar-refractivity contribution in [1.29, 1.82) is 0 Å². The van der Waals surface area contributed by atoms with Crippen molar-refractivity contribution in [3.05, 3.63) is 40.2 Å². The molecule has 15 nitrogen and oxygen atoms in total. The number of hydrogen-bond donors (Lipinski definition) is 8. The molecule has 15 heteroatoms. The van der Waals surface area contributed by atoms with Crippen molar-refractivity contribution < 1.29 is 34.1 Å². The highest BCUT2D eigenvalue weighted by Gasteiger charge is 2.39. The zero-order chi connectivity index (χ0) is 32.8. The number of ether oxygens (including phenoxy) is 1. The number of nitrogens with zero attached hydrogens (tertiary/aromatic N) is 1. The van der Waals surface area contributed by atoms with Gasteiger partial charge in [-0.05, 0) is 54.9 Å². The number of nitrogen functional groups attached to an aromatic ring is 1. The number of fused-ring (bicyclic) bond motifs is 1. The Morgan fingerprint density at radius 3 is 2.47 bits per heavy atom. The predicted molar refractivity (Wildman–Crippen MR) is 166 cm³/mol. The Labute approximate surface area is 259 Å². The van der Waals surface area contributed by atoms with E-state index in [1.165, 1.54) is 12.1 Å². The molecule has 0 spiro atoms. The average molecular weight is 628 g/mol. The van der Waals surface area contributed by atoms with Crippen LogP contribution in [0.15, 0.2) is 29.1 Å². The van der Waals surface area contributed by atoms with Gasteiger partial charge >= 0.3 is 17.9 Å². The number of amides is 1. The number of nitrogens with one attached hydrogen (secondary N) is 5. The molecule has 2 aliphatic rings. The van der Waals surface area contributed by atoms with E-state index in [0.29, 0.717) is 36.9 Å². The molecule has 1 fully saturated rings. The summed E-state index contributed by atoms with van der Waals surface area (Å²) >= 11 is 0. The Hall–Kier alpha value is -4.82. The first-order valence-corrected chi connectivity index (χ1v) is 15.0. The number of anilines is 4. The number of esters is 1. The molecule has 1 aliphatic carbocycles. The number of nitrogens with two attached hydrogens (primary N) is 1. The second-order valence-electron chi connectivity index (χ2n) is 12.1. The number of hydrogen-bond acceptors (Lipinski definition) is 11. The van der Waals surface area contributed by atoms with Crippen LogP contribution in [0, 0.1) is 23.7 Å². The first-order valence-electron chi connectivity index (χ1n) is 15.0. The Kier molecular flexibility index (Phi) is 10.5. The Morgan fingerprint density at radius 1 is 1.11 bits per heavy atom. The molecule has 0 radical (unpaired) electrons. The second kappa shape index (κ2) is 14.3. The Bertz CT molecular complexity index is 1460. The fraction of sp³-hybridized carbons (Fsp3) is 0.533. The van der Waals surface area contributed by atoms with E-state index < -0.39 is 53.9 Å². The first kappa shape index (κ1) is 33.1. The van der Waals surface area contributed by atoms with E-state index in [-0.39, 0.29) is 35.1 Å². The van der Waals surface area contributed by atoms with E-state index >= 15 is 0 Å². The SMILES string of the molecule is CC1CCC(C(C)C)C(OC(=O)C(C[C@H](NC(=O)c2ccc(NCC3CNc4nc(N)[nH]c(=O)c4N3)cc2)C(=O)O)C(=O)O)C1. The molecule has 1 aromatic carbocycles. The van der Waals surface area contributed by atoms with Gasteiger partial charge in [0.25, 0.3) is 11.5 Å². The molecule has 0 bridgehead atoms. The second-order valence-corrected chi connectivity index (χ2v) is 12.1. The molecule has 1 aromatic heterocycles. The number of carboxylic acid groups (broad SMARTS) is 2. The smallest absolute Gasteiger partial charge is 0.326 e. The maximum Gasteiger partial charge on any atom is 0.326 e. The molecule has 4 rings (SSSR count). The monoisotopic (exact) mass is 627 g/mol. The van der Waals surface area contributed by atoms with Crippen molar-refractivity contribution in [3.63, 3.8) is 0 Å². The van der Waals surface area contributed by atoms with Crippen LogP contribution in [0.1, 0.15) is 56.8 Å². The average Bonchev–Trinajstić information content (AvgIpc) is 2.97. The molecule has 2 heterocycles. The number of carbonyl (C=O) groups excluding carboxylic acids is 2. The summed E-state index contributed by atoms with van der Waals surface area (Å²) in [5, 5.41) is 31.2. The van der Waals surface area contributed by atoms with Gasteiger partial charge in [-0.2, -0.15) is 4.98 Å². The van der Waals surface area contributed by atoms with Crippen molar-refractivity contribution in [3.8, 4) is 0 Å². The summed E-state index contributed by atoms with van der Waals surface area (Å²) in [6.45, 7) is 6.98. The highest BCUT2D eigenvalue weighted by molar-refractivity contribution is 5.98. The van der Waals surface area contributed by atoms with Crippen LogP contribution < -0.4 is 32.6 Å². The van der Waals surface area contributed by atoms with Gasteiger partial charge in [0.05, 0.1) is 6.04 Å². The quantitative estimate of drug-likeness (QED) is 0.124. The molecule has 2 aromatic rings. The molecule has 0 saturated heterocycles. The summed E-state index contributed by atoms with van der Waals surface area (Å²) in [5.41, 5.74) is 6.25. The van der Waals surface area contributed by atoms with Crippen LogP contribution in [-0.2, 0) is 19.1 Å². The molecule has 1 aliphatic heterocycles. The Balaban J connectivity index is 1.33. The number of carboxylic acids is 2. The first-order chi connectivity index (χ1) is 21.3. The van der Waals surface area contributed by atoms with Crippen LogP contribution in [-0.4, -0.2) is 75.3 Å². The lowest BCUT2D eigenvalue weighted by Crippen LogP contribution is -2.45. The van der Waals surface area contributed by atoms with Gasteiger partial charge in [0.2, 0.25) is 5.95 Å². The highest BCUT2D eigenvalue weighted by atomic mass is 16.5. The fourth-order valence-corrected chi connectivity index (χ4v) is 5.81. The van der Waals surface area contributed by atoms with E-state index in [2.05, 4.69) is 31.2 Å². The van der Waals surface area contributed by atoms with Crippen LogP contribution in [0.4, 0.5) is 23.1 Å². The third kappa shape index (κ3) is 8.42. The van der Waals surface area contributed by atoms with Gasteiger partial charge in [0.1, 0.15) is 17.8 Å². The van der Waals surface area contributed by atoms with Crippen molar-refractivity contribution in [2.75, 3.05) is 34.8 Å². The number of aliphatic carboxylic acids is 2. The maximum atomic E-state index is 13.0. The summed E-state index contributed by atoms with van der Waals surface area (Å²) in [6.07, 6.45) is 1.34. The van der Waals surface area contributed by atoms with E-state index in [1.807, 2.05) is 20.8 Å². The van der Waals surface area contributed by atoms with Gasteiger partial charge in [-0.15, -0.1) is 0 Å². The fourth-order valence-electron chi connectivity index (χ4n) is 5.81. The molecular formula is C30H41N7O8. The number of aromatic nitrogens is 2. The lowest BCUT2D eigenvalue weighted by Gasteiger charge is -2.37. The summed E-state index contributed by atoms with van der Waals surface area (Å²) in [4.78, 5) is 68.6. The third-order valence-corrected chi connectivity index (χ3v) is 8.39. The summed E-state index contributed by atoms with van der Waals surface area (Å²) < 4.78 is 5.67. The molecule has 6 atom stereocenters. The summed E-state index contributed by atoms with van der Waals surface area (Å²) in [7, 11) is 0. The maximum absolute atomic E-state index is 13.0. The number of benzene rings is 1. The van der Waals surface area contributed by atoms with Crippen molar-refractivity contribution >= 4 is 47.0 Å². The van der Waals surface area contributed by atoms with Gasteiger partial charge in [-0.1, -0.05) is 27.2 Å². The largest absolute Gasteiger partial charge is 0.481 e. The molecular weight excluding hydrogens is 586 g/mol. The lowest BCUT2D eigenvalue weighted by atomic mass is 9.75. The van der Waals surface area contributed by atoms with Gasteiger partial charge in [0, 0.05) is 30.8 Å². The minimum Gasteiger partial charge on any atom is -0.481 e. The van der Waals surface area contributed by atoms with Crippen LogP contribution in [0.3, 0.4) is 0 Å². The Morgan fingerprint density at radius 2 is 1.82 bits per heavy atom. The number of H-pyrrole nitrogens is 1. The molecule has 1 saturated carbocycles. The third-order valence-electron chi connectivity index (χ3n) is 8.39. The molecule has 9 N–H and O–H groups in total. The molecule has 1 amide bonds. The topological polar surface area (TPSA) is 238 Å². The minimum absolute atomic E-state index is 0.0109. The van der Waals surface area contributed by atoms with Crippen LogP contribution in [0.5, 0.6) is 0 Å². The highest BCUT2D eigenvalue weighted by Crippen LogP contribution is 2.36. The van der Waals surface area contributed by atoms with Crippen molar-refractivity contribution in [1.82, 2.24) is 15.3 Å². The van der Waals surface area contributed by atoms with Gasteiger partial charge < -0.3 is 42.0 Å². The van der Waals surface area contributed by atoms with Gasteiger partial charge in [-0.25, -0.2) is 4.79 Å². The van der Waals surface area contributed by atoms with E-state index in [0.717, 1.165) is 12.8 Å². The minimum atomic E-state index is -1.76. The normalized spacial score (nSPS) is 22.1. The van der Waals surface area contributed by atoms with Crippen molar-refractivity contribution in [2.24, 2.45) is 23.7 Å². The lowest BCUT2D eigenvalue weighted by molar-refractivity contribution is -0.168. The van der Waals surface area contributed by atoms with Gasteiger partial charge in [-0.3, -0.25) is 24.2 Å². The van der Waals surface area contributed by atoms with E-state index in [1.54, 1.807) is 12.1 Å². The van der Waals surface area contributed by atoms with Crippen LogP contribution in [0.25, 0.3) is 0 Å². The van der Waals surface area contributed by atoms with Crippen LogP contribution in [0.2, 0.25) is 0 Å². The molecule has 5 unspecified atom stereocenters. The van der Waals surface area contributed by atoms with E-state index in [4.69, 9.17) is 10.5 Å². The van der Waals surface area contributed by atoms with E-state index in [9.17, 15) is 34.2 Å². The summed E-state index contributed by atoms with van der Waals surface area (Å²) in [5.74, 6) is -5.49. The van der Waals surface area contributed by atoms with Crippen LogP contribution >= 0.6 is 0 Å². The van der Waals surface area contributed by atoms with Gasteiger partial charge in [0.15, 0.2) is 11.7 Å². The number of aromatic amines is 1. The number of carbonyl (C=O) groups is 4. The molecule has 45 heavy (non-hydrogen) atoms. The summed E-state index contributed by atoms with van der Waals surface area (Å²) in [6, 6.07) is 4.39. The predicted octanol–water partition coefficient (Wildman–Crippen LogP) is 1.95. The molecule has 244 valence electrons. The zero-order valence-electron chi connectivity index (χ0n) is 25.5. The van der Waals surface area contributed by atoms with Crippen molar-refractivity contribution in [2.45, 2.75) is 64.6 Å².